The summed E-state index contributed by atoms with van der Waals surface area (Å²) in [5.41, 5.74) is 0.610. The highest BCUT2D eigenvalue weighted by atomic mass is 79.9. The van der Waals surface area contributed by atoms with E-state index < -0.39 is 11.9 Å². The monoisotopic (exact) mass is 512 g/mol. The number of hydrogen-bond donors (Lipinski definition) is 1. The van der Waals surface area contributed by atoms with Crippen LogP contribution in [0.4, 0.5) is 0 Å². The number of esters is 1. The van der Waals surface area contributed by atoms with E-state index in [1.807, 2.05) is 6.07 Å². The van der Waals surface area contributed by atoms with Gasteiger partial charge in [0.1, 0.15) is 22.3 Å². The molecule has 0 fully saturated rings. The van der Waals surface area contributed by atoms with Crippen LogP contribution in [0.2, 0.25) is 0 Å². The van der Waals surface area contributed by atoms with Gasteiger partial charge < -0.3 is 14.8 Å². The van der Waals surface area contributed by atoms with Gasteiger partial charge in [-0.15, -0.1) is 11.3 Å². The lowest BCUT2D eigenvalue weighted by Gasteiger charge is -2.04. The van der Waals surface area contributed by atoms with Gasteiger partial charge >= 0.3 is 5.97 Å². The molecule has 9 heteroatoms. The molecular weight excluding hydrogens is 500 g/mol. The van der Waals surface area contributed by atoms with Crippen LogP contribution in [0.15, 0.2) is 44.2 Å². The molecule has 0 radical (unpaired) electrons. The predicted octanol–water partition coefficient (Wildman–Crippen LogP) is 4.16. The Labute approximate surface area is 177 Å². The van der Waals surface area contributed by atoms with E-state index >= 15 is 0 Å². The van der Waals surface area contributed by atoms with Crippen molar-refractivity contribution < 1.29 is 19.1 Å². The minimum absolute atomic E-state index is 0.0240. The molecule has 1 amide bonds. The number of rotatable bonds is 7. The Hall–Kier alpha value is -1.99. The van der Waals surface area contributed by atoms with E-state index in [1.165, 1.54) is 24.5 Å². The molecule has 2 rings (SSSR count). The first-order valence-corrected chi connectivity index (χ1v) is 10.0. The molecular formula is C18H14Br2N2O4S. The van der Waals surface area contributed by atoms with Crippen molar-refractivity contribution in [3.05, 3.63) is 54.6 Å². The molecule has 27 heavy (non-hydrogen) atoms. The summed E-state index contributed by atoms with van der Waals surface area (Å²) in [6, 6.07) is 10.0. The largest absolute Gasteiger partial charge is 0.422 e. The Kier molecular flexibility index (Phi) is 8.19. The summed E-state index contributed by atoms with van der Waals surface area (Å²) in [7, 11) is 1.53. The zero-order valence-corrected chi connectivity index (χ0v) is 18.1. The molecule has 1 aromatic heterocycles. The number of benzene rings is 1. The van der Waals surface area contributed by atoms with Crippen LogP contribution in [0.3, 0.4) is 0 Å². The van der Waals surface area contributed by atoms with Crippen LogP contribution in [0.25, 0.3) is 6.08 Å². The van der Waals surface area contributed by atoms with Crippen molar-refractivity contribution in [2.24, 2.45) is 0 Å². The molecule has 0 atom stereocenters. The van der Waals surface area contributed by atoms with Crippen LogP contribution >= 0.6 is 43.2 Å². The van der Waals surface area contributed by atoms with Gasteiger partial charge in [0.2, 0.25) is 0 Å². The number of amides is 1. The third kappa shape index (κ3) is 6.29. The van der Waals surface area contributed by atoms with Crippen molar-refractivity contribution in [3.8, 4) is 11.8 Å². The average molecular weight is 514 g/mol. The second-order valence-corrected chi connectivity index (χ2v) is 8.33. The predicted molar refractivity (Wildman–Crippen MR) is 110 cm³/mol. The molecule has 140 valence electrons. The van der Waals surface area contributed by atoms with Crippen LogP contribution in [-0.4, -0.2) is 32.1 Å². The van der Waals surface area contributed by atoms with Gasteiger partial charge in [-0.05, 0) is 61.7 Å². The fraction of sp³-hybridized carbons (Fsp3) is 0.167. The summed E-state index contributed by atoms with van der Waals surface area (Å²) < 4.78 is 11.8. The number of hydrogen-bond acceptors (Lipinski definition) is 6. The standard InChI is InChI=1S/C18H14Br2N2O4S/c1-25-7-6-22-17(23)12(10-21)8-11-2-4-13(5-3-11)26-18(24)15-9-14(19)16(20)27-15/h2-5,8-9H,6-7H2,1H3,(H,22,23)/b12-8+. The number of carbonyl (C=O) groups is 2. The topological polar surface area (TPSA) is 88.4 Å². The lowest BCUT2D eigenvalue weighted by atomic mass is 10.1. The second kappa shape index (κ2) is 10.4. The number of thiophene rings is 1. The number of nitrogens with zero attached hydrogens (tertiary/aromatic N) is 1. The van der Waals surface area contributed by atoms with E-state index in [0.717, 1.165) is 8.26 Å². The van der Waals surface area contributed by atoms with Crippen LogP contribution in [0, 0.1) is 11.3 Å². The molecule has 1 aromatic carbocycles. The van der Waals surface area contributed by atoms with E-state index in [9.17, 15) is 9.59 Å². The van der Waals surface area contributed by atoms with E-state index in [4.69, 9.17) is 14.7 Å². The van der Waals surface area contributed by atoms with Gasteiger partial charge in [0.15, 0.2) is 0 Å². The van der Waals surface area contributed by atoms with Crippen molar-refractivity contribution in [1.82, 2.24) is 5.32 Å². The summed E-state index contributed by atoms with van der Waals surface area (Å²) in [6.45, 7) is 0.681. The van der Waals surface area contributed by atoms with E-state index in [2.05, 4.69) is 37.2 Å². The summed E-state index contributed by atoms with van der Waals surface area (Å²) in [6.07, 6.45) is 1.46. The SMILES string of the molecule is COCCNC(=O)/C(C#N)=C/c1ccc(OC(=O)c2cc(Br)c(Br)s2)cc1. The first-order chi connectivity index (χ1) is 12.9. The lowest BCUT2D eigenvalue weighted by molar-refractivity contribution is -0.117. The molecule has 1 heterocycles. The van der Waals surface area contributed by atoms with E-state index in [-0.39, 0.29) is 5.57 Å². The minimum Gasteiger partial charge on any atom is -0.422 e. The maximum atomic E-state index is 12.1. The summed E-state index contributed by atoms with van der Waals surface area (Å²) in [5.74, 6) is -0.579. The highest BCUT2D eigenvalue weighted by molar-refractivity contribution is 9.13. The average Bonchev–Trinajstić information content (AvgIpc) is 3.00. The highest BCUT2D eigenvalue weighted by Gasteiger charge is 2.14. The molecule has 0 bridgehead atoms. The molecule has 0 spiro atoms. The van der Waals surface area contributed by atoms with Crippen LogP contribution in [-0.2, 0) is 9.53 Å². The van der Waals surface area contributed by atoms with E-state index in [1.54, 1.807) is 30.3 Å². The maximum Gasteiger partial charge on any atom is 0.353 e. The highest BCUT2D eigenvalue weighted by Crippen LogP contribution is 2.33. The van der Waals surface area contributed by atoms with Crippen LogP contribution in [0.1, 0.15) is 15.2 Å². The fourth-order valence-electron chi connectivity index (χ4n) is 1.91. The third-order valence-corrected chi connectivity index (χ3v) is 6.44. The Morgan fingerprint density at radius 2 is 2.00 bits per heavy atom. The fourth-order valence-corrected chi connectivity index (χ4v) is 3.83. The maximum absolute atomic E-state index is 12.1. The Morgan fingerprint density at radius 3 is 2.56 bits per heavy atom. The van der Waals surface area contributed by atoms with Gasteiger partial charge in [0.25, 0.3) is 5.91 Å². The third-order valence-electron chi connectivity index (χ3n) is 3.20. The quantitative estimate of drug-likeness (QED) is 0.197. The number of nitriles is 1. The van der Waals surface area contributed by atoms with Gasteiger partial charge in [0, 0.05) is 18.1 Å². The van der Waals surface area contributed by atoms with Crippen LogP contribution in [0.5, 0.6) is 5.75 Å². The minimum atomic E-state index is -0.473. The number of ether oxygens (including phenoxy) is 2. The van der Waals surface area contributed by atoms with Gasteiger partial charge in [-0.3, -0.25) is 4.79 Å². The summed E-state index contributed by atoms with van der Waals surface area (Å²) in [4.78, 5) is 24.5. The van der Waals surface area contributed by atoms with E-state index in [0.29, 0.717) is 29.3 Å². The number of halogens is 2. The van der Waals surface area contributed by atoms with Crippen molar-refractivity contribution in [2.75, 3.05) is 20.3 Å². The number of nitrogens with one attached hydrogen (secondary N) is 1. The summed E-state index contributed by atoms with van der Waals surface area (Å²) >= 11 is 7.92. The zero-order valence-electron chi connectivity index (χ0n) is 14.1. The lowest BCUT2D eigenvalue weighted by Crippen LogP contribution is -2.27. The zero-order chi connectivity index (χ0) is 19.8. The number of carbonyl (C=O) groups excluding carboxylic acids is 2. The van der Waals surface area contributed by atoms with Gasteiger partial charge in [-0.2, -0.15) is 5.26 Å². The van der Waals surface area contributed by atoms with Crippen molar-refractivity contribution >= 4 is 61.1 Å². The van der Waals surface area contributed by atoms with Crippen molar-refractivity contribution in [1.29, 1.82) is 5.26 Å². The molecule has 0 aliphatic heterocycles. The first-order valence-electron chi connectivity index (χ1n) is 7.60. The normalized spacial score (nSPS) is 11.0. The van der Waals surface area contributed by atoms with Crippen molar-refractivity contribution in [3.63, 3.8) is 0 Å². The number of methoxy groups -OCH3 is 1. The molecule has 2 aromatic rings. The molecule has 1 N–H and O–H groups in total. The van der Waals surface area contributed by atoms with Gasteiger partial charge in [0.05, 0.1) is 10.4 Å². The van der Waals surface area contributed by atoms with Gasteiger partial charge in [-0.1, -0.05) is 12.1 Å². The molecule has 0 aliphatic carbocycles. The Morgan fingerprint density at radius 1 is 1.30 bits per heavy atom. The molecule has 0 aliphatic rings. The Bertz CT molecular complexity index is 882. The molecule has 0 saturated heterocycles. The molecule has 0 saturated carbocycles. The molecule has 6 nitrogen and oxygen atoms in total. The molecule has 0 unspecified atom stereocenters. The smallest absolute Gasteiger partial charge is 0.353 e. The Balaban J connectivity index is 2.04. The first kappa shape index (κ1) is 21.3. The van der Waals surface area contributed by atoms with Crippen molar-refractivity contribution in [2.45, 2.75) is 0 Å². The van der Waals surface area contributed by atoms with Gasteiger partial charge in [-0.25, -0.2) is 4.79 Å². The summed E-state index contributed by atoms with van der Waals surface area (Å²) in [5, 5.41) is 11.7. The van der Waals surface area contributed by atoms with Crippen LogP contribution < -0.4 is 10.1 Å². The second-order valence-electron chi connectivity index (χ2n) is 5.11.